The van der Waals surface area contributed by atoms with Gasteiger partial charge in [0.15, 0.2) is 5.78 Å². The number of rotatable bonds is 1. The first-order valence-corrected chi connectivity index (χ1v) is 3.48. The van der Waals surface area contributed by atoms with E-state index < -0.39 is 0 Å². The van der Waals surface area contributed by atoms with Crippen LogP contribution in [0.5, 0.6) is 0 Å². The molecule has 0 aromatic heterocycles. The summed E-state index contributed by atoms with van der Waals surface area (Å²) in [5, 5.41) is 3.16. The second-order valence-corrected chi connectivity index (χ2v) is 2.89. The SMILES string of the molecule is CC(C)C1NCCC1=O.Cl. The van der Waals surface area contributed by atoms with Crippen molar-refractivity contribution >= 4 is 18.2 Å². The van der Waals surface area contributed by atoms with Gasteiger partial charge in [-0.05, 0) is 5.92 Å². The van der Waals surface area contributed by atoms with Crippen molar-refractivity contribution in [3.8, 4) is 0 Å². The molecule has 0 radical (unpaired) electrons. The zero-order valence-electron chi connectivity index (χ0n) is 6.39. The first kappa shape index (κ1) is 9.92. The highest BCUT2D eigenvalue weighted by molar-refractivity contribution is 5.86. The molecule has 60 valence electrons. The average Bonchev–Trinajstić information content (AvgIpc) is 2.13. The Hall–Kier alpha value is -0.0800. The minimum atomic E-state index is 0. The number of hydrogen-bond acceptors (Lipinski definition) is 2. The predicted octanol–water partition coefficient (Wildman–Crippen LogP) is 0.995. The van der Waals surface area contributed by atoms with Crippen molar-refractivity contribution in [1.82, 2.24) is 5.32 Å². The maximum atomic E-state index is 11.0. The Morgan fingerprint density at radius 3 is 2.40 bits per heavy atom. The summed E-state index contributed by atoms with van der Waals surface area (Å²) < 4.78 is 0. The molecule has 1 aliphatic heterocycles. The molecule has 0 aliphatic carbocycles. The van der Waals surface area contributed by atoms with Gasteiger partial charge in [0.05, 0.1) is 6.04 Å². The first-order chi connectivity index (χ1) is 4.22. The number of Topliss-reactive ketones (excluding diaryl/α,β-unsaturated/α-hetero) is 1. The number of hydrogen-bond donors (Lipinski definition) is 1. The van der Waals surface area contributed by atoms with Crippen molar-refractivity contribution in [2.24, 2.45) is 5.92 Å². The number of halogens is 1. The zero-order chi connectivity index (χ0) is 6.85. The van der Waals surface area contributed by atoms with E-state index in [1.54, 1.807) is 0 Å². The van der Waals surface area contributed by atoms with Gasteiger partial charge in [-0.1, -0.05) is 13.8 Å². The summed E-state index contributed by atoms with van der Waals surface area (Å²) in [6, 6.07) is 0.144. The maximum Gasteiger partial charge on any atom is 0.151 e. The van der Waals surface area contributed by atoms with Crippen molar-refractivity contribution < 1.29 is 4.79 Å². The molecular formula is C7H14ClNO. The summed E-state index contributed by atoms with van der Waals surface area (Å²) in [5.41, 5.74) is 0. The summed E-state index contributed by atoms with van der Waals surface area (Å²) in [7, 11) is 0. The molecule has 3 heteroatoms. The van der Waals surface area contributed by atoms with Gasteiger partial charge in [0.1, 0.15) is 0 Å². The van der Waals surface area contributed by atoms with Crippen molar-refractivity contribution in [3.05, 3.63) is 0 Å². The van der Waals surface area contributed by atoms with Crippen LogP contribution in [-0.4, -0.2) is 18.4 Å². The third-order valence-corrected chi connectivity index (χ3v) is 1.75. The van der Waals surface area contributed by atoms with Gasteiger partial charge in [-0.15, -0.1) is 12.4 Å². The van der Waals surface area contributed by atoms with Crippen LogP contribution in [0, 0.1) is 5.92 Å². The fourth-order valence-corrected chi connectivity index (χ4v) is 1.23. The standard InChI is InChI=1S/C7H13NO.ClH/c1-5(2)7-6(9)3-4-8-7;/h5,7-8H,3-4H2,1-2H3;1H. The minimum absolute atomic E-state index is 0. The molecule has 1 unspecified atom stereocenters. The molecule has 0 aromatic rings. The van der Waals surface area contributed by atoms with Gasteiger partial charge < -0.3 is 5.32 Å². The molecule has 0 aromatic carbocycles. The lowest BCUT2D eigenvalue weighted by molar-refractivity contribution is -0.119. The zero-order valence-corrected chi connectivity index (χ0v) is 7.20. The van der Waals surface area contributed by atoms with Crippen LogP contribution in [0.2, 0.25) is 0 Å². The predicted molar refractivity (Wildman–Crippen MR) is 43.5 cm³/mol. The third kappa shape index (κ3) is 1.96. The van der Waals surface area contributed by atoms with E-state index in [0.29, 0.717) is 11.7 Å². The van der Waals surface area contributed by atoms with Crippen LogP contribution in [0.25, 0.3) is 0 Å². The van der Waals surface area contributed by atoms with Crippen LogP contribution in [0.4, 0.5) is 0 Å². The van der Waals surface area contributed by atoms with E-state index in [4.69, 9.17) is 0 Å². The van der Waals surface area contributed by atoms with Crippen LogP contribution >= 0.6 is 12.4 Å². The Morgan fingerprint density at radius 1 is 1.60 bits per heavy atom. The van der Waals surface area contributed by atoms with Gasteiger partial charge in [-0.3, -0.25) is 4.79 Å². The van der Waals surface area contributed by atoms with E-state index in [-0.39, 0.29) is 18.4 Å². The van der Waals surface area contributed by atoms with Gasteiger partial charge in [0.2, 0.25) is 0 Å². The summed E-state index contributed by atoms with van der Waals surface area (Å²) >= 11 is 0. The fraction of sp³-hybridized carbons (Fsp3) is 0.857. The quantitative estimate of drug-likeness (QED) is 0.625. The molecule has 1 saturated heterocycles. The number of carbonyl (C=O) groups excluding carboxylic acids is 1. The summed E-state index contributed by atoms with van der Waals surface area (Å²) in [4.78, 5) is 11.0. The van der Waals surface area contributed by atoms with Gasteiger partial charge in [-0.2, -0.15) is 0 Å². The van der Waals surface area contributed by atoms with Crippen LogP contribution in [0.1, 0.15) is 20.3 Å². The van der Waals surface area contributed by atoms with E-state index in [1.165, 1.54) is 0 Å². The largest absolute Gasteiger partial charge is 0.307 e. The molecule has 0 amide bonds. The topological polar surface area (TPSA) is 29.1 Å². The summed E-state index contributed by atoms with van der Waals surface area (Å²) in [6.45, 7) is 5.02. The molecule has 1 heterocycles. The highest BCUT2D eigenvalue weighted by atomic mass is 35.5. The van der Waals surface area contributed by atoms with E-state index in [1.807, 2.05) is 0 Å². The Balaban J connectivity index is 0.000000810. The second kappa shape index (κ2) is 3.94. The molecule has 1 fully saturated rings. The van der Waals surface area contributed by atoms with Gasteiger partial charge >= 0.3 is 0 Å². The first-order valence-electron chi connectivity index (χ1n) is 3.48. The van der Waals surface area contributed by atoms with Gasteiger partial charge in [-0.25, -0.2) is 0 Å². The Kier molecular flexibility index (Phi) is 3.91. The average molecular weight is 164 g/mol. The van der Waals surface area contributed by atoms with E-state index in [2.05, 4.69) is 19.2 Å². The normalized spacial score (nSPS) is 25.1. The molecule has 0 saturated carbocycles. The number of carbonyl (C=O) groups is 1. The monoisotopic (exact) mass is 163 g/mol. The number of ketones is 1. The fourth-order valence-electron chi connectivity index (χ4n) is 1.23. The van der Waals surface area contributed by atoms with Gasteiger partial charge in [0.25, 0.3) is 0 Å². The Labute approximate surface area is 67.8 Å². The number of nitrogens with one attached hydrogen (secondary N) is 1. The van der Waals surface area contributed by atoms with E-state index in [9.17, 15) is 4.79 Å². The lowest BCUT2D eigenvalue weighted by atomic mass is 10.0. The van der Waals surface area contributed by atoms with Crippen molar-refractivity contribution in [2.75, 3.05) is 6.54 Å². The highest BCUT2D eigenvalue weighted by Gasteiger charge is 2.25. The molecular weight excluding hydrogens is 150 g/mol. The summed E-state index contributed by atoms with van der Waals surface area (Å²) in [5.74, 6) is 0.838. The molecule has 1 aliphatic rings. The molecule has 1 atom stereocenters. The van der Waals surface area contributed by atoms with Crippen LogP contribution in [0.15, 0.2) is 0 Å². The van der Waals surface area contributed by atoms with E-state index >= 15 is 0 Å². The lowest BCUT2D eigenvalue weighted by Gasteiger charge is -2.11. The van der Waals surface area contributed by atoms with Crippen LogP contribution in [0.3, 0.4) is 0 Å². The molecule has 1 rings (SSSR count). The smallest absolute Gasteiger partial charge is 0.151 e. The Morgan fingerprint density at radius 2 is 2.20 bits per heavy atom. The van der Waals surface area contributed by atoms with Crippen LogP contribution in [-0.2, 0) is 4.79 Å². The molecule has 2 nitrogen and oxygen atoms in total. The second-order valence-electron chi connectivity index (χ2n) is 2.89. The maximum absolute atomic E-state index is 11.0. The highest BCUT2D eigenvalue weighted by Crippen LogP contribution is 2.09. The van der Waals surface area contributed by atoms with Crippen molar-refractivity contribution in [3.63, 3.8) is 0 Å². The molecule has 1 N–H and O–H groups in total. The van der Waals surface area contributed by atoms with E-state index in [0.717, 1.165) is 13.0 Å². The molecule has 0 spiro atoms. The van der Waals surface area contributed by atoms with Gasteiger partial charge in [0, 0.05) is 13.0 Å². The molecule has 0 bridgehead atoms. The minimum Gasteiger partial charge on any atom is -0.307 e. The molecule has 10 heavy (non-hydrogen) atoms. The van der Waals surface area contributed by atoms with Crippen LogP contribution < -0.4 is 5.32 Å². The summed E-state index contributed by atoms with van der Waals surface area (Å²) in [6.07, 6.45) is 0.725. The lowest BCUT2D eigenvalue weighted by Crippen LogP contribution is -2.32. The van der Waals surface area contributed by atoms with Crippen molar-refractivity contribution in [2.45, 2.75) is 26.3 Å². The van der Waals surface area contributed by atoms with Crippen molar-refractivity contribution in [1.29, 1.82) is 0 Å². The Bertz CT molecular complexity index is 125. The third-order valence-electron chi connectivity index (χ3n) is 1.75.